The van der Waals surface area contributed by atoms with Gasteiger partial charge in [-0.1, -0.05) is 23.7 Å². The van der Waals surface area contributed by atoms with Crippen molar-refractivity contribution in [2.24, 2.45) is 0 Å². The maximum atomic E-state index is 6.08. The van der Waals surface area contributed by atoms with Gasteiger partial charge in [0.1, 0.15) is 6.04 Å². The van der Waals surface area contributed by atoms with Crippen molar-refractivity contribution in [1.29, 1.82) is 0 Å². The zero-order valence-electron chi connectivity index (χ0n) is 12.9. The molecule has 1 aliphatic heterocycles. The number of benzene rings is 1. The van der Waals surface area contributed by atoms with Crippen molar-refractivity contribution < 1.29 is 0 Å². The van der Waals surface area contributed by atoms with Crippen molar-refractivity contribution in [1.82, 2.24) is 9.47 Å². The van der Waals surface area contributed by atoms with E-state index in [0.29, 0.717) is 5.02 Å². The highest BCUT2D eigenvalue weighted by atomic mass is 35.5. The molecule has 1 aliphatic rings. The van der Waals surface area contributed by atoms with Crippen LogP contribution >= 0.6 is 35.2 Å². The number of nitrogens with zero attached hydrogens (tertiary/aromatic N) is 2. The smallest absolute Gasteiger partial charge is 0.174 e. The Labute approximate surface area is 155 Å². The van der Waals surface area contributed by atoms with Crippen molar-refractivity contribution in [2.45, 2.75) is 12.6 Å². The van der Waals surface area contributed by atoms with Crippen LogP contribution in [0.5, 0.6) is 0 Å². The van der Waals surface area contributed by atoms with Crippen LogP contribution in [0, 0.1) is 0 Å². The summed E-state index contributed by atoms with van der Waals surface area (Å²) >= 11 is 13.6. The minimum Gasteiger partial charge on any atom is -0.347 e. The van der Waals surface area contributed by atoms with Crippen molar-refractivity contribution in [2.75, 3.05) is 11.9 Å². The van der Waals surface area contributed by atoms with Gasteiger partial charge in [-0.25, -0.2) is 0 Å². The zero-order valence-corrected chi connectivity index (χ0v) is 15.2. The van der Waals surface area contributed by atoms with Gasteiger partial charge >= 0.3 is 0 Å². The van der Waals surface area contributed by atoms with Gasteiger partial charge in [0.05, 0.1) is 0 Å². The van der Waals surface area contributed by atoms with Gasteiger partial charge in [0.15, 0.2) is 5.11 Å². The van der Waals surface area contributed by atoms with Gasteiger partial charge in [0, 0.05) is 40.6 Å². The Balaban J connectivity index is 1.65. The molecule has 0 saturated carbocycles. The van der Waals surface area contributed by atoms with E-state index in [2.05, 4.69) is 50.6 Å². The Hall–Kier alpha value is -1.82. The molecule has 1 aromatic carbocycles. The predicted octanol–water partition coefficient (Wildman–Crippen LogP) is 5.01. The number of hydrogen-bond acceptors (Lipinski definition) is 2. The second kappa shape index (κ2) is 6.59. The lowest BCUT2D eigenvalue weighted by atomic mass is 10.1. The molecule has 0 aliphatic carbocycles. The van der Waals surface area contributed by atoms with Crippen molar-refractivity contribution in [3.63, 3.8) is 0 Å². The van der Waals surface area contributed by atoms with Crippen LogP contribution in [-0.4, -0.2) is 21.1 Å². The Morgan fingerprint density at radius 3 is 2.88 bits per heavy atom. The van der Waals surface area contributed by atoms with Gasteiger partial charge < -0.3 is 14.8 Å². The molecule has 1 atom stereocenters. The van der Waals surface area contributed by atoms with Crippen molar-refractivity contribution in [3.8, 4) is 0 Å². The van der Waals surface area contributed by atoms with E-state index in [-0.39, 0.29) is 6.04 Å². The summed E-state index contributed by atoms with van der Waals surface area (Å²) in [6.45, 7) is 1.80. The van der Waals surface area contributed by atoms with Crippen LogP contribution in [0.2, 0.25) is 5.02 Å². The van der Waals surface area contributed by atoms with Gasteiger partial charge in [0.2, 0.25) is 0 Å². The molecule has 3 aromatic rings. The number of hydrogen-bond donors (Lipinski definition) is 1. The molecule has 24 heavy (non-hydrogen) atoms. The fraction of sp³-hybridized carbons (Fsp3) is 0.167. The molecule has 0 bridgehead atoms. The third-order valence-electron chi connectivity index (χ3n) is 4.19. The maximum absolute atomic E-state index is 6.08. The first-order valence-electron chi connectivity index (χ1n) is 7.74. The lowest BCUT2D eigenvalue weighted by Crippen LogP contribution is -2.44. The van der Waals surface area contributed by atoms with E-state index in [1.807, 2.05) is 24.3 Å². The standard InChI is InChI=1S/C18H16ClN3S2/c19-13-4-1-5-14(12-13)20-18(23)22-10-9-21-8-2-6-15(21)17(22)16-7-3-11-24-16/h1-8,11-12,17H,9-10H2,(H,20,23)/t17-/m0/s1. The van der Waals surface area contributed by atoms with E-state index in [4.69, 9.17) is 23.8 Å². The minimum atomic E-state index is 0.146. The van der Waals surface area contributed by atoms with Crippen molar-refractivity contribution in [3.05, 3.63) is 75.7 Å². The van der Waals surface area contributed by atoms with Gasteiger partial charge in [-0.05, 0) is 54.0 Å². The predicted molar refractivity (Wildman–Crippen MR) is 105 cm³/mol. The van der Waals surface area contributed by atoms with E-state index < -0.39 is 0 Å². The fourth-order valence-electron chi connectivity index (χ4n) is 3.11. The van der Waals surface area contributed by atoms with Crippen LogP contribution in [0.25, 0.3) is 0 Å². The first-order valence-corrected chi connectivity index (χ1v) is 9.40. The van der Waals surface area contributed by atoms with Crippen LogP contribution in [0.1, 0.15) is 16.6 Å². The molecule has 1 N–H and O–H groups in total. The summed E-state index contributed by atoms with van der Waals surface area (Å²) < 4.78 is 2.31. The topological polar surface area (TPSA) is 20.2 Å². The zero-order chi connectivity index (χ0) is 16.5. The monoisotopic (exact) mass is 373 g/mol. The minimum absolute atomic E-state index is 0.146. The Kier molecular flexibility index (Phi) is 4.31. The number of fused-ring (bicyclic) bond motifs is 1. The second-order valence-corrected chi connectivity index (χ2v) is 7.48. The molecule has 122 valence electrons. The molecule has 0 spiro atoms. The summed E-state index contributed by atoms with van der Waals surface area (Å²) in [5.74, 6) is 0. The lowest BCUT2D eigenvalue weighted by Gasteiger charge is -2.38. The highest BCUT2D eigenvalue weighted by Crippen LogP contribution is 2.35. The van der Waals surface area contributed by atoms with Crippen LogP contribution in [0.3, 0.4) is 0 Å². The number of thiocarbonyl (C=S) groups is 1. The molecule has 0 unspecified atom stereocenters. The van der Waals surface area contributed by atoms with Crippen molar-refractivity contribution >= 4 is 46.0 Å². The second-order valence-electron chi connectivity index (χ2n) is 5.68. The third kappa shape index (κ3) is 2.95. The molecular formula is C18H16ClN3S2. The number of nitrogens with one attached hydrogen (secondary N) is 1. The fourth-order valence-corrected chi connectivity index (χ4v) is 4.46. The summed E-state index contributed by atoms with van der Waals surface area (Å²) in [6.07, 6.45) is 2.14. The van der Waals surface area contributed by atoms with Gasteiger partial charge in [-0.15, -0.1) is 11.3 Å². The number of aromatic nitrogens is 1. The molecule has 4 rings (SSSR count). The number of anilines is 1. The molecule has 0 radical (unpaired) electrons. The summed E-state index contributed by atoms with van der Waals surface area (Å²) in [7, 11) is 0. The van der Waals surface area contributed by atoms with Gasteiger partial charge in [-0.3, -0.25) is 0 Å². The van der Waals surface area contributed by atoms with Crippen LogP contribution < -0.4 is 5.32 Å². The van der Waals surface area contributed by atoms with E-state index in [0.717, 1.165) is 23.9 Å². The maximum Gasteiger partial charge on any atom is 0.174 e. The number of thiophene rings is 1. The Morgan fingerprint density at radius 1 is 1.17 bits per heavy atom. The Morgan fingerprint density at radius 2 is 2.08 bits per heavy atom. The molecule has 0 saturated heterocycles. The quantitative estimate of drug-likeness (QED) is 0.638. The number of rotatable bonds is 2. The van der Waals surface area contributed by atoms with Gasteiger partial charge in [0.25, 0.3) is 0 Å². The summed E-state index contributed by atoms with van der Waals surface area (Å²) in [5.41, 5.74) is 2.19. The highest BCUT2D eigenvalue weighted by molar-refractivity contribution is 7.80. The first-order chi connectivity index (χ1) is 11.7. The average Bonchev–Trinajstić information content (AvgIpc) is 3.25. The first kappa shape index (κ1) is 15.7. The van der Waals surface area contributed by atoms with E-state index in [1.165, 1.54) is 10.6 Å². The molecule has 0 amide bonds. The molecule has 6 heteroatoms. The molecule has 3 heterocycles. The van der Waals surface area contributed by atoms with E-state index in [9.17, 15) is 0 Å². The largest absolute Gasteiger partial charge is 0.347 e. The SMILES string of the molecule is S=C(Nc1cccc(Cl)c1)N1CCn2cccc2[C@H]1c1cccs1. The molecule has 2 aromatic heterocycles. The molecule has 0 fully saturated rings. The summed E-state index contributed by atoms with van der Waals surface area (Å²) in [4.78, 5) is 3.56. The number of halogens is 1. The van der Waals surface area contributed by atoms with Crippen LogP contribution in [0.15, 0.2) is 60.1 Å². The average molecular weight is 374 g/mol. The van der Waals surface area contributed by atoms with E-state index >= 15 is 0 Å². The van der Waals surface area contributed by atoms with E-state index in [1.54, 1.807) is 11.3 Å². The van der Waals surface area contributed by atoms with Crippen LogP contribution in [-0.2, 0) is 6.54 Å². The molecule has 3 nitrogen and oxygen atoms in total. The Bertz CT molecular complexity index is 857. The third-order valence-corrected chi connectivity index (χ3v) is 5.68. The molecular weight excluding hydrogens is 358 g/mol. The lowest BCUT2D eigenvalue weighted by molar-refractivity contribution is 0.297. The summed E-state index contributed by atoms with van der Waals surface area (Å²) in [5, 5.41) is 6.87. The van der Waals surface area contributed by atoms with Gasteiger partial charge in [-0.2, -0.15) is 0 Å². The summed E-state index contributed by atoms with van der Waals surface area (Å²) in [6, 6.07) is 16.3. The highest BCUT2D eigenvalue weighted by Gasteiger charge is 2.31. The normalized spacial score (nSPS) is 16.7. The van der Waals surface area contributed by atoms with Crippen LogP contribution in [0.4, 0.5) is 5.69 Å².